The van der Waals surface area contributed by atoms with Gasteiger partial charge in [0.15, 0.2) is 11.5 Å². The van der Waals surface area contributed by atoms with Gasteiger partial charge in [0.1, 0.15) is 11.7 Å². The summed E-state index contributed by atoms with van der Waals surface area (Å²) in [7, 11) is 0. The van der Waals surface area contributed by atoms with E-state index in [-0.39, 0.29) is 23.1 Å². The standard InChI is InChI=1S/C31H32N2O4/c34-22-10-9-21-16-24-29-12-13-31(36,23(17-29)32-25(35)11-8-19-4-2-1-3-5-19)28-30(29,26(21)27(22)37-28)14-15-33(24)18-20-6-7-20/h1-5,8-13,20,23-24,28,34,36H,6-7,14-18H2,(H,32,35)/b11-8+/t23-,24+,28+,29+,30-,31-/m0/s1. The number of hydrogen-bond donors (Lipinski definition) is 3. The molecule has 1 saturated heterocycles. The van der Waals surface area contributed by atoms with Crippen molar-refractivity contribution in [3.63, 3.8) is 0 Å². The number of amides is 1. The van der Waals surface area contributed by atoms with E-state index in [1.54, 1.807) is 18.2 Å². The average Bonchev–Trinajstić information content (AvgIpc) is 3.64. The zero-order chi connectivity index (χ0) is 25.0. The van der Waals surface area contributed by atoms with Gasteiger partial charge in [-0.2, -0.15) is 0 Å². The molecule has 2 saturated carbocycles. The van der Waals surface area contributed by atoms with Crippen LogP contribution < -0.4 is 10.1 Å². The van der Waals surface area contributed by atoms with Crippen LogP contribution in [-0.2, 0) is 16.6 Å². The molecule has 6 nitrogen and oxygen atoms in total. The van der Waals surface area contributed by atoms with Crippen molar-refractivity contribution in [2.24, 2.45) is 11.3 Å². The minimum Gasteiger partial charge on any atom is -0.504 e. The molecule has 7 aliphatic rings. The van der Waals surface area contributed by atoms with Gasteiger partial charge in [0.05, 0.1) is 11.5 Å². The Morgan fingerprint density at radius 3 is 2.81 bits per heavy atom. The molecule has 190 valence electrons. The van der Waals surface area contributed by atoms with Gasteiger partial charge < -0.3 is 20.3 Å². The number of aliphatic hydroxyl groups is 1. The van der Waals surface area contributed by atoms with Crippen molar-refractivity contribution < 1.29 is 19.7 Å². The number of carbonyl (C=O) groups is 1. The number of fused-ring (bicyclic) bond motifs is 1. The highest BCUT2D eigenvalue weighted by Gasteiger charge is 2.79. The van der Waals surface area contributed by atoms with E-state index in [0.29, 0.717) is 12.2 Å². The lowest BCUT2D eigenvalue weighted by atomic mass is 9.38. The van der Waals surface area contributed by atoms with Crippen LogP contribution in [0.1, 0.15) is 42.4 Å². The summed E-state index contributed by atoms with van der Waals surface area (Å²) >= 11 is 0. The van der Waals surface area contributed by atoms with Crippen molar-refractivity contribution in [2.45, 2.75) is 61.3 Å². The molecule has 6 heteroatoms. The van der Waals surface area contributed by atoms with Crippen molar-refractivity contribution in [3.05, 3.63) is 77.4 Å². The van der Waals surface area contributed by atoms with E-state index >= 15 is 0 Å². The third-order valence-electron chi connectivity index (χ3n) is 10.3. The summed E-state index contributed by atoms with van der Waals surface area (Å²) in [4.78, 5) is 15.8. The van der Waals surface area contributed by atoms with Crippen molar-refractivity contribution >= 4 is 12.0 Å². The Labute approximate surface area is 216 Å². The number of nitrogens with one attached hydrogen (secondary N) is 1. The second kappa shape index (κ2) is 7.27. The third kappa shape index (κ3) is 2.75. The Balaban J connectivity index is 1.21. The van der Waals surface area contributed by atoms with Gasteiger partial charge in [-0.3, -0.25) is 9.69 Å². The fourth-order valence-corrected chi connectivity index (χ4v) is 8.60. The number of hydrogen-bond acceptors (Lipinski definition) is 5. The monoisotopic (exact) mass is 496 g/mol. The SMILES string of the molecule is O=C(/C=C/c1ccccc1)N[C@H]1C[C@@]23C=C[C@@]1(O)[C@@H]1Oc4c(O)ccc5c4[C@@]12CCN(CC1CC1)[C@@H]3C5. The van der Waals surface area contributed by atoms with Gasteiger partial charge in [-0.05, 0) is 67.8 Å². The molecule has 3 fully saturated rings. The average molecular weight is 497 g/mol. The zero-order valence-corrected chi connectivity index (χ0v) is 20.8. The van der Waals surface area contributed by atoms with E-state index in [2.05, 4.69) is 22.4 Å². The Morgan fingerprint density at radius 2 is 2.00 bits per heavy atom. The molecular weight excluding hydrogens is 464 g/mol. The second-order valence-electron chi connectivity index (χ2n) is 12.1. The Morgan fingerprint density at radius 1 is 1.16 bits per heavy atom. The number of piperidine rings is 1. The second-order valence-corrected chi connectivity index (χ2v) is 12.1. The molecule has 2 spiro atoms. The van der Waals surface area contributed by atoms with Gasteiger partial charge >= 0.3 is 0 Å². The maximum Gasteiger partial charge on any atom is 0.244 e. The van der Waals surface area contributed by atoms with Crippen LogP contribution in [0.4, 0.5) is 0 Å². The number of phenolic OH excluding ortho intramolecular Hbond substituents is 1. The number of aromatic hydroxyl groups is 1. The van der Waals surface area contributed by atoms with E-state index in [1.165, 1.54) is 18.4 Å². The molecule has 1 amide bonds. The molecule has 2 aromatic rings. The normalized spacial score (nSPS) is 38.5. The lowest BCUT2D eigenvalue weighted by Gasteiger charge is -2.70. The maximum atomic E-state index is 13.1. The molecule has 2 aliphatic heterocycles. The zero-order valence-electron chi connectivity index (χ0n) is 20.8. The van der Waals surface area contributed by atoms with Crippen molar-refractivity contribution in [1.82, 2.24) is 10.2 Å². The summed E-state index contributed by atoms with van der Waals surface area (Å²) in [6.45, 7) is 2.08. The van der Waals surface area contributed by atoms with Gasteiger partial charge in [-0.1, -0.05) is 48.6 Å². The molecule has 3 N–H and O–H groups in total. The number of likely N-dealkylation sites (tertiary alicyclic amines) is 1. The predicted octanol–water partition coefficient (Wildman–Crippen LogP) is 3.32. The van der Waals surface area contributed by atoms with Crippen molar-refractivity contribution in [1.29, 1.82) is 0 Å². The Kier molecular flexibility index (Phi) is 4.31. The van der Waals surface area contributed by atoms with Crippen molar-refractivity contribution in [2.75, 3.05) is 13.1 Å². The van der Waals surface area contributed by atoms with E-state index in [1.807, 2.05) is 36.4 Å². The fourth-order valence-electron chi connectivity index (χ4n) is 8.60. The van der Waals surface area contributed by atoms with E-state index in [0.717, 1.165) is 43.0 Å². The smallest absolute Gasteiger partial charge is 0.244 e. The molecule has 5 aliphatic carbocycles. The van der Waals surface area contributed by atoms with Crippen LogP contribution in [0.2, 0.25) is 0 Å². The first kappa shape index (κ1) is 21.9. The number of ether oxygens (including phenoxy) is 1. The summed E-state index contributed by atoms with van der Waals surface area (Å²) in [5, 5.41) is 26.3. The molecule has 2 heterocycles. The third-order valence-corrected chi connectivity index (χ3v) is 10.3. The van der Waals surface area contributed by atoms with Gasteiger partial charge in [-0.15, -0.1) is 0 Å². The van der Waals surface area contributed by atoms with Crippen LogP contribution in [0.15, 0.2) is 60.7 Å². The van der Waals surface area contributed by atoms with Crippen LogP contribution >= 0.6 is 0 Å². The summed E-state index contributed by atoms with van der Waals surface area (Å²) in [5.41, 5.74) is 1.26. The lowest BCUT2D eigenvalue weighted by Crippen LogP contribution is -2.81. The molecule has 0 unspecified atom stereocenters. The highest BCUT2D eigenvalue weighted by atomic mass is 16.5. The number of nitrogens with zero attached hydrogens (tertiary/aromatic N) is 1. The van der Waals surface area contributed by atoms with Gasteiger partial charge in [0.2, 0.25) is 5.91 Å². The first-order valence-corrected chi connectivity index (χ1v) is 13.7. The maximum absolute atomic E-state index is 13.1. The summed E-state index contributed by atoms with van der Waals surface area (Å²) in [6, 6.07) is 13.3. The quantitative estimate of drug-likeness (QED) is 0.437. The molecular formula is C31H32N2O4. The van der Waals surface area contributed by atoms with Gasteiger partial charge in [0.25, 0.3) is 0 Å². The van der Waals surface area contributed by atoms with Crippen LogP contribution in [0, 0.1) is 11.3 Å². The topological polar surface area (TPSA) is 82.0 Å². The number of carbonyl (C=O) groups excluding carboxylic acids is 1. The number of benzene rings is 2. The van der Waals surface area contributed by atoms with Crippen LogP contribution in [0.3, 0.4) is 0 Å². The Hall–Kier alpha value is -3.09. The summed E-state index contributed by atoms with van der Waals surface area (Å²) in [6.07, 6.45) is 12.0. The molecule has 6 atom stereocenters. The van der Waals surface area contributed by atoms with Crippen LogP contribution in [0.25, 0.3) is 6.08 Å². The number of rotatable bonds is 5. The molecule has 2 aromatic carbocycles. The van der Waals surface area contributed by atoms with Gasteiger partial charge in [0, 0.05) is 29.6 Å². The lowest BCUT2D eigenvalue weighted by molar-refractivity contribution is -0.193. The molecule has 4 bridgehead atoms. The molecule has 0 aromatic heterocycles. The van der Waals surface area contributed by atoms with Crippen LogP contribution in [-0.4, -0.2) is 57.9 Å². The minimum absolute atomic E-state index is 0.144. The highest BCUT2D eigenvalue weighted by Crippen LogP contribution is 2.73. The van der Waals surface area contributed by atoms with E-state index in [4.69, 9.17) is 4.74 Å². The minimum atomic E-state index is -1.36. The molecule has 0 radical (unpaired) electrons. The highest BCUT2D eigenvalue weighted by molar-refractivity contribution is 5.92. The van der Waals surface area contributed by atoms with Crippen molar-refractivity contribution in [3.8, 4) is 11.5 Å². The largest absolute Gasteiger partial charge is 0.504 e. The van der Waals surface area contributed by atoms with E-state index < -0.39 is 23.2 Å². The summed E-state index contributed by atoms with van der Waals surface area (Å²) < 4.78 is 6.57. The van der Waals surface area contributed by atoms with Gasteiger partial charge in [-0.25, -0.2) is 0 Å². The number of phenols is 1. The fraction of sp³-hybridized carbons (Fsp3) is 0.452. The molecule has 9 rings (SSSR count). The van der Waals surface area contributed by atoms with Crippen LogP contribution in [0.5, 0.6) is 11.5 Å². The van der Waals surface area contributed by atoms with E-state index in [9.17, 15) is 15.0 Å². The molecule has 37 heavy (non-hydrogen) atoms. The Bertz CT molecular complexity index is 1370. The predicted molar refractivity (Wildman–Crippen MR) is 139 cm³/mol. The first-order valence-electron chi connectivity index (χ1n) is 13.7. The summed E-state index contributed by atoms with van der Waals surface area (Å²) in [5.74, 6) is 1.25. The first-order chi connectivity index (χ1) is 17.9.